The number of nitrogens with zero attached hydrogens (tertiary/aromatic N) is 1. The molecule has 0 unspecified atom stereocenters. The van der Waals surface area contributed by atoms with Gasteiger partial charge in [0.15, 0.2) is 0 Å². The zero-order chi connectivity index (χ0) is 18.2. The van der Waals surface area contributed by atoms with Crippen molar-refractivity contribution in [2.75, 3.05) is 18.4 Å². The summed E-state index contributed by atoms with van der Waals surface area (Å²) in [6.45, 7) is 4.44. The fourth-order valence-electron chi connectivity index (χ4n) is 2.47. The molecule has 0 aliphatic carbocycles. The van der Waals surface area contributed by atoms with E-state index in [1.54, 1.807) is 11.0 Å². The minimum absolute atomic E-state index is 0.0258. The molecule has 2 amide bonds. The number of hydrogen-bond acceptors (Lipinski definition) is 2. The molecule has 5 heteroatoms. The minimum atomic E-state index is -0.133. The average Bonchev–Trinajstić information content (AvgIpc) is 2.58. The summed E-state index contributed by atoms with van der Waals surface area (Å²) >= 11 is 6.06. The molecule has 0 heterocycles. The normalized spacial score (nSPS) is 10.4. The summed E-state index contributed by atoms with van der Waals surface area (Å²) < 4.78 is 0. The van der Waals surface area contributed by atoms with E-state index in [9.17, 15) is 9.59 Å². The van der Waals surface area contributed by atoms with Gasteiger partial charge in [-0.05, 0) is 36.6 Å². The van der Waals surface area contributed by atoms with E-state index in [1.165, 1.54) is 12.5 Å². The van der Waals surface area contributed by atoms with Crippen molar-refractivity contribution in [3.63, 3.8) is 0 Å². The number of halogens is 1. The van der Waals surface area contributed by atoms with Gasteiger partial charge in [0.2, 0.25) is 11.8 Å². The maximum Gasteiger partial charge on any atom is 0.226 e. The fraction of sp³-hybridized carbons (Fsp3) is 0.300. The smallest absolute Gasteiger partial charge is 0.226 e. The molecule has 0 radical (unpaired) electrons. The second-order valence-corrected chi connectivity index (χ2v) is 6.41. The van der Waals surface area contributed by atoms with E-state index in [4.69, 9.17) is 11.6 Å². The van der Waals surface area contributed by atoms with Crippen molar-refractivity contribution in [2.24, 2.45) is 0 Å². The van der Waals surface area contributed by atoms with Crippen LogP contribution in [0.15, 0.2) is 48.5 Å². The molecule has 1 N–H and O–H groups in total. The molecule has 0 fully saturated rings. The maximum absolute atomic E-state index is 12.1. The van der Waals surface area contributed by atoms with Crippen LogP contribution in [0.2, 0.25) is 5.02 Å². The number of amides is 2. The van der Waals surface area contributed by atoms with Crippen LogP contribution in [0.4, 0.5) is 5.69 Å². The Morgan fingerprint density at radius 3 is 2.44 bits per heavy atom. The molecule has 4 nitrogen and oxygen atoms in total. The van der Waals surface area contributed by atoms with Gasteiger partial charge in [0.1, 0.15) is 0 Å². The lowest BCUT2D eigenvalue weighted by Crippen LogP contribution is -2.33. The first-order valence-electron chi connectivity index (χ1n) is 8.31. The number of nitrogens with one attached hydrogen (secondary N) is 1. The fourth-order valence-corrected chi connectivity index (χ4v) is 2.65. The highest BCUT2D eigenvalue weighted by Crippen LogP contribution is 2.20. The first-order valence-corrected chi connectivity index (χ1v) is 8.69. The molecule has 0 aromatic heterocycles. The van der Waals surface area contributed by atoms with Crippen molar-refractivity contribution in [1.29, 1.82) is 0 Å². The SMILES string of the molecule is CC(=O)N(CCC(=O)Nc1ccc(C)c(Cl)c1)CCc1ccccc1. The van der Waals surface area contributed by atoms with Crippen molar-refractivity contribution in [1.82, 2.24) is 4.90 Å². The molecule has 0 aliphatic heterocycles. The number of hydrogen-bond donors (Lipinski definition) is 1. The van der Waals surface area contributed by atoms with Gasteiger partial charge in [-0.2, -0.15) is 0 Å². The summed E-state index contributed by atoms with van der Waals surface area (Å²) in [6.07, 6.45) is 1.02. The number of anilines is 1. The first kappa shape index (κ1) is 19.0. The van der Waals surface area contributed by atoms with Gasteiger partial charge in [0.25, 0.3) is 0 Å². The highest BCUT2D eigenvalue weighted by atomic mass is 35.5. The molecule has 0 saturated heterocycles. The van der Waals surface area contributed by atoms with Crippen molar-refractivity contribution >= 4 is 29.1 Å². The Hall–Kier alpha value is -2.33. The molecular formula is C20H23ClN2O2. The molecule has 0 saturated carbocycles. The van der Waals surface area contributed by atoms with Crippen LogP contribution in [0.1, 0.15) is 24.5 Å². The van der Waals surface area contributed by atoms with Crippen molar-refractivity contribution in [2.45, 2.75) is 26.7 Å². The largest absolute Gasteiger partial charge is 0.342 e. The Kier molecular flexibility index (Phi) is 7.02. The Morgan fingerprint density at radius 2 is 1.80 bits per heavy atom. The Labute approximate surface area is 153 Å². The lowest BCUT2D eigenvalue weighted by Gasteiger charge is -2.21. The summed E-state index contributed by atoms with van der Waals surface area (Å²) in [6, 6.07) is 15.4. The van der Waals surface area contributed by atoms with Crippen molar-refractivity contribution in [3.05, 3.63) is 64.7 Å². The van der Waals surface area contributed by atoms with Crippen molar-refractivity contribution < 1.29 is 9.59 Å². The molecule has 2 aromatic rings. The van der Waals surface area contributed by atoms with Gasteiger partial charge < -0.3 is 10.2 Å². The predicted molar refractivity (Wildman–Crippen MR) is 102 cm³/mol. The van der Waals surface area contributed by atoms with E-state index in [2.05, 4.69) is 5.32 Å². The molecule has 2 aromatic carbocycles. The Bertz CT molecular complexity index is 732. The van der Waals surface area contributed by atoms with E-state index < -0.39 is 0 Å². The molecule has 132 valence electrons. The lowest BCUT2D eigenvalue weighted by atomic mass is 10.1. The first-order chi connectivity index (χ1) is 12.0. The third kappa shape index (κ3) is 6.24. The Balaban J connectivity index is 1.84. The highest BCUT2D eigenvalue weighted by molar-refractivity contribution is 6.31. The van der Waals surface area contributed by atoms with Crippen LogP contribution in [0.25, 0.3) is 0 Å². The maximum atomic E-state index is 12.1. The van der Waals surface area contributed by atoms with Gasteiger partial charge in [0, 0.05) is 37.1 Å². The summed E-state index contributed by atoms with van der Waals surface area (Å²) in [5, 5.41) is 3.43. The van der Waals surface area contributed by atoms with Gasteiger partial charge in [-0.3, -0.25) is 9.59 Å². The highest BCUT2D eigenvalue weighted by Gasteiger charge is 2.12. The number of rotatable bonds is 7. The van der Waals surface area contributed by atoms with Crippen molar-refractivity contribution in [3.8, 4) is 0 Å². The van der Waals surface area contributed by atoms with Crippen LogP contribution in [0, 0.1) is 6.92 Å². The molecule has 0 spiro atoms. The monoisotopic (exact) mass is 358 g/mol. The standard InChI is InChI=1S/C20H23ClN2O2/c1-15-8-9-18(14-19(15)21)22-20(25)11-13-23(16(2)24)12-10-17-6-4-3-5-7-17/h3-9,14H,10-13H2,1-2H3,(H,22,25). The topological polar surface area (TPSA) is 49.4 Å². The van der Waals surface area contributed by atoms with Gasteiger partial charge in [-0.15, -0.1) is 0 Å². The summed E-state index contributed by atoms with van der Waals surface area (Å²) in [5.74, 6) is -0.159. The zero-order valence-corrected chi connectivity index (χ0v) is 15.3. The molecular weight excluding hydrogens is 336 g/mol. The van der Waals surface area contributed by atoms with Crippen LogP contribution in [-0.4, -0.2) is 29.8 Å². The number of benzene rings is 2. The van der Waals surface area contributed by atoms with Gasteiger partial charge >= 0.3 is 0 Å². The van der Waals surface area contributed by atoms with Gasteiger partial charge in [-0.25, -0.2) is 0 Å². The third-order valence-corrected chi connectivity index (χ3v) is 4.43. The van der Waals surface area contributed by atoms with E-state index in [-0.39, 0.29) is 18.2 Å². The Morgan fingerprint density at radius 1 is 1.08 bits per heavy atom. The van der Waals surface area contributed by atoms with Crippen LogP contribution in [-0.2, 0) is 16.0 Å². The van der Waals surface area contributed by atoms with E-state index in [0.29, 0.717) is 23.8 Å². The molecule has 25 heavy (non-hydrogen) atoms. The zero-order valence-electron chi connectivity index (χ0n) is 14.6. The third-order valence-electron chi connectivity index (χ3n) is 4.02. The van der Waals surface area contributed by atoms with Crippen LogP contribution in [0.3, 0.4) is 0 Å². The molecule has 0 aliphatic rings. The predicted octanol–water partition coefficient (Wildman–Crippen LogP) is 4.07. The lowest BCUT2D eigenvalue weighted by molar-refractivity contribution is -0.129. The van der Waals surface area contributed by atoms with E-state index >= 15 is 0 Å². The molecule has 2 rings (SSSR count). The summed E-state index contributed by atoms with van der Waals surface area (Å²) in [7, 11) is 0. The molecule has 0 bridgehead atoms. The quantitative estimate of drug-likeness (QED) is 0.811. The van der Waals surface area contributed by atoms with Gasteiger partial charge in [0.05, 0.1) is 0 Å². The van der Waals surface area contributed by atoms with E-state index in [0.717, 1.165) is 12.0 Å². The molecule has 0 atom stereocenters. The second kappa shape index (κ2) is 9.23. The van der Waals surface area contributed by atoms with E-state index in [1.807, 2.05) is 49.4 Å². The minimum Gasteiger partial charge on any atom is -0.342 e. The van der Waals surface area contributed by atoms with Crippen LogP contribution >= 0.6 is 11.6 Å². The summed E-state index contributed by atoms with van der Waals surface area (Å²) in [5.41, 5.74) is 2.80. The second-order valence-electron chi connectivity index (χ2n) is 6.00. The number of carbonyl (C=O) groups is 2. The average molecular weight is 359 g/mol. The summed E-state index contributed by atoms with van der Waals surface area (Å²) in [4.78, 5) is 25.6. The van der Waals surface area contributed by atoms with Gasteiger partial charge in [-0.1, -0.05) is 48.0 Å². The number of aryl methyl sites for hydroxylation is 1. The van der Waals surface area contributed by atoms with Crippen LogP contribution in [0.5, 0.6) is 0 Å². The number of carbonyl (C=O) groups excluding carboxylic acids is 2. The van der Waals surface area contributed by atoms with Crippen LogP contribution < -0.4 is 5.32 Å².